The van der Waals surface area contributed by atoms with Gasteiger partial charge in [-0.1, -0.05) is 12.1 Å². The average Bonchev–Trinajstić information content (AvgIpc) is 3.08. The maximum absolute atomic E-state index is 13.3. The number of amides is 3. The number of methoxy groups -OCH3 is 2. The second-order valence-corrected chi connectivity index (χ2v) is 7.24. The van der Waals surface area contributed by atoms with Crippen LogP contribution in [0, 0.1) is 5.82 Å². The summed E-state index contributed by atoms with van der Waals surface area (Å²) >= 11 is 0. The molecule has 0 saturated heterocycles. The normalized spacial score (nSPS) is 18.5. The number of carbonyl (C=O) groups is 2. The van der Waals surface area contributed by atoms with E-state index in [1.807, 2.05) is 0 Å². The van der Waals surface area contributed by atoms with Crippen LogP contribution in [0.4, 0.5) is 9.18 Å². The van der Waals surface area contributed by atoms with Gasteiger partial charge in [0.25, 0.3) is 5.91 Å². The number of ether oxygens (including phenoxy) is 2. The Balaban J connectivity index is 1.69. The summed E-state index contributed by atoms with van der Waals surface area (Å²) in [6.07, 6.45) is 0. The van der Waals surface area contributed by atoms with E-state index in [9.17, 15) is 14.0 Å². The van der Waals surface area contributed by atoms with Gasteiger partial charge < -0.3 is 19.7 Å². The Hall–Kier alpha value is -3.55. The van der Waals surface area contributed by atoms with Crippen LogP contribution in [0.2, 0.25) is 0 Å². The first kappa shape index (κ1) is 19.8. The van der Waals surface area contributed by atoms with Crippen LogP contribution < -0.4 is 14.8 Å². The lowest BCUT2D eigenvalue weighted by Crippen LogP contribution is -2.45. The summed E-state index contributed by atoms with van der Waals surface area (Å²) in [4.78, 5) is 29.0. The molecule has 8 heteroatoms. The van der Waals surface area contributed by atoms with Crippen molar-refractivity contribution in [2.24, 2.45) is 0 Å². The summed E-state index contributed by atoms with van der Waals surface area (Å²) in [6.45, 7) is 0.620. The molecule has 0 spiro atoms. The molecule has 1 atom stereocenters. The van der Waals surface area contributed by atoms with Crippen LogP contribution >= 0.6 is 0 Å². The highest BCUT2D eigenvalue weighted by Crippen LogP contribution is 2.38. The van der Waals surface area contributed by atoms with E-state index in [4.69, 9.17) is 9.47 Å². The van der Waals surface area contributed by atoms with Crippen LogP contribution in [0.5, 0.6) is 11.5 Å². The Morgan fingerprint density at radius 3 is 2.30 bits per heavy atom. The Morgan fingerprint density at radius 2 is 1.70 bits per heavy atom. The van der Waals surface area contributed by atoms with E-state index in [-0.39, 0.29) is 17.8 Å². The predicted octanol–water partition coefficient (Wildman–Crippen LogP) is 2.84. The minimum atomic E-state index is -0.626. The van der Waals surface area contributed by atoms with Crippen molar-refractivity contribution >= 4 is 11.9 Å². The van der Waals surface area contributed by atoms with E-state index in [1.54, 1.807) is 56.5 Å². The molecule has 3 amide bonds. The van der Waals surface area contributed by atoms with Crippen molar-refractivity contribution in [1.29, 1.82) is 0 Å². The number of urea groups is 1. The Kier molecular flexibility index (Phi) is 5.07. The first-order chi connectivity index (χ1) is 14.4. The quantitative estimate of drug-likeness (QED) is 0.822. The maximum atomic E-state index is 13.3. The molecule has 0 aliphatic carbocycles. The lowest BCUT2D eigenvalue weighted by atomic mass is 9.95. The number of benzene rings is 2. The standard InChI is InChI=1S/C22H22FN3O4/c1-25-18-12-26(11-13-4-6-15(23)7-5-13)21(27)19(18)20(24-22(25)28)14-8-16(29-2)10-17(9-14)30-3/h4-10,20H,11-12H2,1-3H3,(H,24,28). The van der Waals surface area contributed by atoms with Gasteiger partial charge in [-0.3, -0.25) is 9.69 Å². The fraction of sp³-hybridized carbons (Fsp3) is 0.273. The fourth-order valence-electron chi connectivity index (χ4n) is 3.81. The summed E-state index contributed by atoms with van der Waals surface area (Å²) in [5.74, 6) is 0.625. The van der Waals surface area contributed by atoms with Crippen LogP contribution in [-0.4, -0.2) is 49.6 Å². The van der Waals surface area contributed by atoms with E-state index in [1.165, 1.54) is 17.0 Å². The van der Waals surface area contributed by atoms with Gasteiger partial charge in [0, 0.05) is 19.7 Å². The van der Waals surface area contributed by atoms with Crippen LogP contribution in [0.25, 0.3) is 0 Å². The van der Waals surface area contributed by atoms with Crippen molar-refractivity contribution in [3.63, 3.8) is 0 Å². The minimum absolute atomic E-state index is 0.173. The number of hydrogen-bond acceptors (Lipinski definition) is 4. The van der Waals surface area contributed by atoms with Crippen molar-refractivity contribution in [1.82, 2.24) is 15.1 Å². The number of nitrogens with one attached hydrogen (secondary N) is 1. The predicted molar refractivity (Wildman–Crippen MR) is 107 cm³/mol. The lowest BCUT2D eigenvalue weighted by molar-refractivity contribution is -0.126. The Labute approximate surface area is 173 Å². The molecule has 0 aromatic heterocycles. The SMILES string of the molecule is COc1cc(OC)cc(C2NC(=O)N(C)C3=C2C(=O)N(Cc2ccc(F)cc2)C3)c1. The Bertz CT molecular complexity index is 1010. The molecule has 2 heterocycles. The van der Waals surface area contributed by atoms with Gasteiger partial charge in [-0.15, -0.1) is 0 Å². The smallest absolute Gasteiger partial charge is 0.322 e. The number of likely N-dealkylation sites (N-methyl/N-ethyl adjacent to an activating group) is 1. The number of carbonyl (C=O) groups excluding carboxylic acids is 2. The largest absolute Gasteiger partial charge is 0.497 e. The highest BCUT2D eigenvalue weighted by molar-refractivity contribution is 6.01. The average molecular weight is 411 g/mol. The zero-order chi connectivity index (χ0) is 21.4. The monoisotopic (exact) mass is 411 g/mol. The number of hydrogen-bond donors (Lipinski definition) is 1. The van der Waals surface area contributed by atoms with Gasteiger partial charge in [-0.05, 0) is 35.4 Å². The third-order valence-corrected chi connectivity index (χ3v) is 5.43. The highest BCUT2D eigenvalue weighted by atomic mass is 19.1. The molecular formula is C22H22FN3O4. The van der Waals surface area contributed by atoms with Crippen LogP contribution in [0.3, 0.4) is 0 Å². The molecule has 2 aromatic rings. The van der Waals surface area contributed by atoms with Crippen molar-refractivity contribution in [2.45, 2.75) is 12.6 Å². The summed E-state index contributed by atoms with van der Waals surface area (Å²) in [7, 11) is 4.73. The van der Waals surface area contributed by atoms with E-state index in [0.717, 1.165) is 5.56 Å². The molecule has 0 fully saturated rings. The molecule has 4 rings (SSSR count). The number of nitrogens with zero attached hydrogens (tertiary/aromatic N) is 2. The summed E-state index contributed by atoms with van der Waals surface area (Å²) in [6, 6.07) is 10.4. The van der Waals surface area contributed by atoms with Crippen LogP contribution in [-0.2, 0) is 11.3 Å². The van der Waals surface area contributed by atoms with E-state index >= 15 is 0 Å². The second kappa shape index (κ2) is 7.70. The number of rotatable bonds is 5. The molecular weight excluding hydrogens is 389 g/mol. The molecule has 1 unspecified atom stereocenters. The molecule has 0 bridgehead atoms. The van der Waals surface area contributed by atoms with Crippen molar-refractivity contribution in [2.75, 3.05) is 27.8 Å². The Morgan fingerprint density at radius 1 is 1.07 bits per heavy atom. The van der Waals surface area contributed by atoms with Crippen LogP contribution in [0.1, 0.15) is 17.2 Å². The first-order valence-corrected chi connectivity index (χ1v) is 9.45. The highest BCUT2D eigenvalue weighted by Gasteiger charge is 2.43. The van der Waals surface area contributed by atoms with Crippen LogP contribution in [0.15, 0.2) is 53.7 Å². The molecule has 0 saturated carbocycles. The second-order valence-electron chi connectivity index (χ2n) is 7.24. The third-order valence-electron chi connectivity index (χ3n) is 5.43. The van der Waals surface area contributed by atoms with E-state index in [0.29, 0.717) is 41.4 Å². The van der Waals surface area contributed by atoms with E-state index in [2.05, 4.69) is 5.32 Å². The van der Waals surface area contributed by atoms with E-state index < -0.39 is 6.04 Å². The van der Waals surface area contributed by atoms with Crippen molar-refractivity contribution in [3.05, 3.63) is 70.7 Å². The molecule has 2 aliphatic heterocycles. The zero-order valence-electron chi connectivity index (χ0n) is 16.9. The van der Waals surface area contributed by atoms with Gasteiger partial charge in [0.1, 0.15) is 17.3 Å². The molecule has 0 radical (unpaired) electrons. The van der Waals surface area contributed by atoms with Gasteiger partial charge in [-0.25, -0.2) is 9.18 Å². The lowest BCUT2D eigenvalue weighted by Gasteiger charge is -2.31. The molecule has 2 aliphatic rings. The first-order valence-electron chi connectivity index (χ1n) is 9.45. The summed E-state index contributed by atoms with van der Waals surface area (Å²) in [5, 5.41) is 2.90. The van der Waals surface area contributed by atoms with Gasteiger partial charge in [0.2, 0.25) is 0 Å². The summed E-state index contributed by atoms with van der Waals surface area (Å²) in [5.41, 5.74) is 2.66. The van der Waals surface area contributed by atoms with Gasteiger partial charge in [0.05, 0.1) is 38.1 Å². The van der Waals surface area contributed by atoms with Gasteiger partial charge >= 0.3 is 6.03 Å². The number of halogens is 1. The fourth-order valence-corrected chi connectivity index (χ4v) is 3.81. The topological polar surface area (TPSA) is 71.1 Å². The molecule has 7 nitrogen and oxygen atoms in total. The summed E-state index contributed by atoms with van der Waals surface area (Å²) < 4.78 is 23.9. The van der Waals surface area contributed by atoms with Crippen molar-refractivity contribution in [3.8, 4) is 11.5 Å². The third kappa shape index (κ3) is 3.45. The molecule has 30 heavy (non-hydrogen) atoms. The molecule has 156 valence electrons. The van der Waals surface area contributed by atoms with Gasteiger partial charge in [0.15, 0.2) is 0 Å². The molecule has 2 aromatic carbocycles. The zero-order valence-corrected chi connectivity index (χ0v) is 16.9. The molecule has 1 N–H and O–H groups in total. The van der Waals surface area contributed by atoms with Gasteiger partial charge in [-0.2, -0.15) is 0 Å². The maximum Gasteiger partial charge on any atom is 0.322 e. The van der Waals surface area contributed by atoms with Crippen molar-refractivity contribution < 1.29 is 23.5 Å². The minimum Gasteiger partial charge on any atom is -0.497 e.